The molecule has 0 radical (unpaired) electrons. The van der Waals surface area contributed by atoms with Crippen LogP contribution >= 0.6 is 0 Å². The number of urea groups is 1. The predicted molar refractivity (Wildman–Crippen MR) is 174 cm³/mol. The monoisotopic (exact) mass is 636 g/mol. The second-order valence-electron chi connectivity index (χ2n) is 11.8. The number of benzene rings is 3. The molecular weight excluding hydrogens is 592 g/mol. The van der Waals surface area contributed by atoms with E-state index in [1.165, 1.54) is 25.7 Å². The van der Waals surface area contributed by atoms with E-state index in [-0.39, 0.29) is 17.5 Å². The largest absolute Gasteiger partial charge is 0.496 e. The molecule has 0 aromatic heterocycles. The molecule has 2 amide bonds. The van der Waals surface area contributed by atoms with E-state index in [1.807, 2.05) is 48.2 Å². The van der Waals surface area contributed by atoms with E-state index in [2.05, 4.69) is 0 Å². The van der Waals surface area contributed by atoms with Crippen LogP contribution < -0.4 is 19.1 Å². The molecule has 1 aliphatic heterocycles. The number of hydrogen-bond acceptors (Lipinski definition) is 7. The van der Waals surface area contributed by atoms with Gasteiger partial charge in [-0.05, 0) is 74.4 Å². The van der Waals surface area contributed by atoms with Gasteiger partial charge in [0.2, 0.25) is 0 Å². The van der Waals surface area contributed by atoms with E-state index in [1.54, 1.807) is 43.4 Å². The Morgan fingerprint density at radius 2 is 1.62 bits per heavy atom. The van der Waals surface area contributed by atoms with Gasteiger partial charge < -0.3 is 19.1 Å². The lowest BCUT2D eigenvalue weighted by molar-refractivity contribution is 0.191. The van der Waals surface area contributed by atoms with Crippen molar-refractivity contribution in [2.75, 3.05) is 45.4 Å². The smallest absolute Gasteiger partial charge is 0.324 e. The minimum absolute atomic E-state index is 0.00631. The molecule has 2 aliphatic rings. The van der Waals surface area contributed by atoms with Gasteiger partial charge in [-0.2, -0.15) is 8.42 Å². The molecule has 242 valence electrons. The van der Waals surface area contributed by atoms with Gasteiger partial charge in [-0.1, -0.05) is 49.1 Å². The maximum absolute atomic E-state index is 13.7. The van der Waals surface area contributed by atoms with Gasteiger partial charge in [0, 0.05) is 30.4 Å². The number of amides is 2. The van der Waals surface area contributed by atoms with Crippen LogP contribution in [0, 0.1) is 12.8 Å². The average molecular weight is 637 g/mol. The van der Waals surface area contributed by atoms with Crippen molar-refractivity contribution >= 4 is 21.8 Å². The molecule has 0 unspecified atom stereocenters. The quantitative estimate of drug-likeness (QED) is 0.135. The molecule has 1 heterocycles. The highest BCUT2D eigenvalue weighted by Gasteiger charge is 2.28. The summed E-state index contributed by atoms with van der Waals surface area (Å²) in [6, 6.07) is 17.9. The van der Waals surface area contributed by atoms with Gasteiger partial charge >= 0.3 is 6.03 Å². The zero-order valence-electron chi connectivity index (χ0n) is 26.5. The van der Waals surface area contributed by atoms with E-state index < -0.39 is 10.1 Å². The molecule has 3 aromatic carbocycles. The van der Waals surface area contributed by atoms with Crippen molar-refractivity contribution in [3.63, 3.8) is 0 Å². The van der Waals surface area contributed by atoms with E-state index in [9.17, 15) is 13.2 Å². The maximum Gasteiger partial charge on any atom is 0.324 e. The van der Waals surface area contributed by atoms with Crippen molar-refractivity contribution in [1.29, 1.82) is 0 Å². The van der Waals surface area contributed by atoms with Crippen molar-refractivity contribution < 1.29 is 31.6 Å². The Kier molecular flexibility index (Phi) is 10.9. The topological polar surface area (TPSA) is 94.6 Å². The SMILES string of the molecule is COc1cc(CCOS(=O)(=O)c2ccc(C)cc2)ccc1CN1CCCN(c2ccc(OC)c(OCCCC3CCC3)c2)C1=O. The summed E-state index contributed by atoms with van der Waals surface area (Å²) in [7, 11) is -0.613. The molecule has 9 nitrogen and oxygen atoms in total. The molecule has 1 saturated heterocycles. The second kappa shape index (κ2) is 15.0. The molecule has 0 bridgehead atoms. The molecule has 1 aliphatic carbocycles. The summed E-state index contributed by atoms with van der Waals surface area (Å²) in [6.07, 6.45) is 7.42. The Bertz CT molecular complexity index is 1550. The average Bonchev–Trinajstić information content (AvgIpc) is 3.01. The first-order chi connectivity index (χ1) is 21.8. The Balaban J connectivity index is 1.19. The molecule has 2 fully saturated rings. The van der Waals surface area contributed by atoms with Crippen LogP contribution in [0.2, 0.25) is 0 Å². The minimum Gasteiger partial charge on any atom is -0.496 e. The zero-order valence-corrected chi connectivity index (χ0v) is 27.3. The van der Waals surface area contributed by atoms with Crippen LogP contribution in [0.15, 0.2) is 65.6 Å². The van der Waals surface area contributed by atoms with Gasteiger partial charge in [0.25, 0.3) is 10.1 Å². The van der Waals surface area contributed by atoms with Crippen molar-refractivity contribution in [1.82, 2.24) is 4.90 Å². The first kappa shape index (κ1) is 32.6. The Morgan fingerprint density at radius 3 is 2.33 bits per heavy atom. The van der Waals surface area contributed by atoms with Gasteiger partial charge in [0.1, 0.15) is 5.75 Å². The number of anilines is 1. The standard InChI is InChI=1S/C35H44N2O7S/c1-26-10-15-31(16-11-26)45(39,40)44-22-18-28-12-13-29(33(23-28)42-3)25-36-19-6-20-37(35(36)38)30-14-17-32(41-2)34(24-30)43-21-5-9-27-7-4-8-27/h10-17,23-24,27H,4-9,18-22,25H2,1-3H3. The van der Waals surface area contributed by atoms with Crippen LogP contribution in [-0.2, 0) is 27.3 Å². The summed E-state index contributed by atoms with van der Waals surface area (Å²) in [5.74, 6) is 2.80. The number of carbonyl (C=O) groups is 1. The Hall–Kier alpha value is -3.76. The molecule has 5 rings (SSSR count). The van der Waals surface area contributed by atoms with Crippen LogP contribution in [0.1, 0.15) is 55.2 Å². The first-order valence-electron chi connectivity index (χ1n) is 15.8. The van der Waals surface area contributed by atoms with Crippen molar-refractivity contribution in [3.05, 3.63) is 77.4 Å². The fourth-order valence-corrected chi connectivity index (χ4v) is 6.68. The number of rotatable bonds is 15. The lowest BCUT2D eigenvalue weighted by atomic mass is 9.82. The Morgan fingerprint density at radius 1 is 0.844 bits per heavy atom. The van der Waals surface area contributed by atoms with Crippen LogP contribution in [0.3, 0.4) is 0 Å². The summed E-state index contributed by atoms with van der Waals surface area (Å²) in [5.41, 5.74) is 3.50. The number of carbonyl (C=O) groups excluding carboxylic acids is 1. The van der Waals surface area contributed by atoms with Crippen LogP contribution in [0.4, 0.5) is 10.5 Å². The third-order valence-corrected chi connectivity index (χ3v) is 9.99. The summed E-state index contributed by atoms with van der Waals surface area (Å²) in [5, 5.41) is 0. The number of nitrogens with zero attached hydrogens (tertiary/aromatic N) is 2. The van der Waals surface area contributed by atoms with Crippen molar-refractivity contribution in [2.45, 2.75) is 63.3 Å². The van der Waals surface area contributed by atoms with Crippen LogP contribution in [-0.4, -0.2) is 59.9 Å². The normalized spacial score (nSPS) is 15.6. The summed E-state index contributed by atoms with van der Waals surface area (Å²) in [6.45, 7) is 4.16. The highest BCUT2D eigenvalue weighted by molar-refractivity contribution is 7.86. The fourth-order valence-electron chi connectivity index (χ4n) is 5.77. The highest BCUT2D eigenvalue weighted by atomic mass is 32.2. The predicted octanol–water partition coefficient (Wildman–Crippen LogP) is 6.75. The van der Waals surface area contributed by atoms with Gasteiger partial charge in [-0.3, -0.25) is 9.08 Å². The van der Waals surface area contributed by atoms with Gasteiger partial charge in [-0.25, -0.2) is 4.79 Å². The molecule has 3 aromatic rings. The third kappa shape index (κ3) is 8.29. The molecular formula is C35H44N2O7S. The van der Waals surface area contributed by atoms with Gasteiger partial charge in [0.05, 0.1) is 38.9 Å². The molecule has 45 heavy (non-hydrogen) atoms. The summed E-state index contributed by atoms with van der Waals surface area (Å²) >= 11 is 0. The van der Waals surface area contributed by atoms with Crippen LogP contribution in [0.25, 0.3) is 0 Å². The number of ether oxygens (including phenoxy) is 3. The van der Waals surface area contributed by atoms with E-state index in [0.717, 1.165) is 41.1 Å². The lowest BCUT2D eigenvalue weighted by Gasteiger charge is -2.36. The van der Waals surface area contributed by atoms with Gasteiger partial charge in [-0.15, -0.1) is 0 Å². The molecule has 10 heteroatoms. The number of aryl methyl sites for hydroxylation is 1. The lowest BCUT2D eigenvalue weighted by Crippen LogP contribution is -2.49. The second-order valence-corrected chi connectivity index (χ2v) is 13.4. The first-order valence-corrected chi connectivity index (χ1v) is 17.2. The number of hydrogen-bond donors (Lipinski definition) is 0. The summed E-state index contributed by atoms with van der Waals surface area (Å²) < 4.78 is 47.7. The zero-order chi connectivity index (χ0) is 31.8. The molecule has 1 saturated carbocycles. The minimum atomic E-state index is -3.83. The summed E-state index contributed by atoms with van der Waals surface area (Å²) in [4.78, 5) is 17.4. The Labute approximate surface area is 267 Å². The van der Waals surface area contributed by atoms with E-state index >= 15 is 0 Å². The van der Waals surface area contributed by atoms with Crippen molar-refractivity contribution in [2.24, 2.45) is 5.92 Å². The van der Waals surface area contributed by atoms with E-state index in [4.69, 9.17) is 18.4 Å². The highest BCUT2D eigenvalue weighted by Crippen LogP contribution is 2.35. The van der Waals surface area contributed by atoms with Crippen LogP contribution in [0.5, 0.6) is 17.2 Å². The molecule has 0 spiro atoms. The third-order valence-electron chi connectivity index (χ3n) is 8.66. The fraction of sp³-hybridized carbons (Fsp3) is 0.457. The maximum atomic E-state index is 13.7. The van der Waals surface area contributed by atoms with E-state index in [0.29, 0.717) is 49.9 Å². The van der Waals surface area contributed by atoms with Gasteiger partial charge in [0.15, 0.2) is 11.5 Å². The van der Waals surface area contributed by atoms with Crippen molar-refractivity contribution in [3.8, 4) is 17.2 Å². The molecule has 0 N–H and O–H groups in total. The molecule has 0 atom stereocenters. The number of methoxy groups -OCH3 is 2.